The summed E-state index contributed by atoms with van der Waals surface area (Å²) in [5.41, 5.74) is 7.87. The van der Waals surface area contributed by atoms with Gasteiger partial charge in [-0.25, -0.2) is 0 Å². The van der Waals surface area contributed by atoms with Gasteiger partial charge >= 0.3 is 0 Å². The zero-order valence-corrected chi connectivity index (χ0v) is 9.07. The Morgan fingerprint density at radius 2 is 2.33 bits per heavy atom. The van der Waals surface area contributed by atoms with Crippen molar-refractivity contribution in [3.63, 3.8) is 0 Å². The lowest BCUT2D eigenvalue weighted by Gasteiger charge is -2.08. The SMILES string of the molecule is Cn1c(C(O)CN)cc2ncc(Cl)cc21. The Hall–Kier alpha value is -1.10. The Labute approximate surface area is 92.3 Å². The van der Waals surface area contributed by atoms with E-state index in [2.05, 4.69) is 4.98 Å². The number of nitrogens with zero attached hydrogens (tertiary/aromatic N) is 2. The summed E-state index contributed by atoms with van der Waals surface area (Å²) in [7, 11) is 1.86. The third-order valence-electron chi connectivity index (χ3n) is 2.46. The Bertz CT molecular complexity index is 495. The number of aromatic nitrogens is 2. The fraction of sp³-hybridized carbons (Fsp3) is 0.300. The van der Waals surface area contributed by atoms with Crippen LogP contribution >= 0.6 is 11.6 Å². The van der Waals surface area contributed by atoms with Crippen LogP contribution in [0.4, 0.5) is 0 Å². The first kappa shape index (κ1) is 10.4. The molecule has 2 rings (SSSR count). The predicted octanol–water partition coefficient (Wildman–Crippen LogP) is 1.22. The number of fused-ring (bicyclic) bond motifs is 1. The summed E-state index contributed by atoms with van der Waals surface area (Å²) >= 11 is 5.85. The highest BCUT2D eigenvalue weighted by molar-refractivity contribution is 6.31. The van der Waals surface area contributed by atoms with Gasteiger partial charge in [-0.3, -0.25) is 4.98 Å². The molecule has 0 aliphatic heterocycles. The number of rotatable bonds is 2. The van der Waals surface area contributed by atoms with E-state index < -0.39 is 6.10 Å². The standard InChI is InChI=1S/C10H12ClN3O/c1-14-8-2-6(11)5-13-7(8)3-9(14)10(15)4-12/h2-3,5,10,15H,4,12H2,1H3. The van der Waals surface area contributed by atoms with Gasteiger partial charge in [0.05, 0.1) is 21.7 Å². The molecule has 3 N–H and O–H groups in total. The van der Waals surface area contributed by atoms with Crippen LogP contribution in [0, 0.1) is 0 Å². The van der Waals surface area contributed by atoms with Gasteiger partial charge in [-0.1, -0.05) is 11.6 Å². The third-order valence-corrected chi connectivity index (χ3v) is 2.67. The lowest BCUT2D eigenvalue weighted by atomic mass is 10.2. The van der Waals surface area contributed by atoms with Gasteiger partial charge in [0, 0.05) is 19.8 Å². The third kappa shape index (κ3) is 1.71. The van der Waals surface area contributed by atoms with Crippen LogP contribution in [0.5, 0.6) is 0 Å². The van der Waals surface area contributed by atoms with Crippen LogP contribution in [0.15, 0.2) is 18.3 Å². The molecule has 2 heterocycles. The maximum absolute atomic E-state index is 9.67. The molecule has 0 saturated carbocycles. The summed E-state index contributed by atoms with van der Waals surface area (Å²) in [6, 6.07) is 3.64. The minimum absolute atomic E-state index is 0.192. The Morgan fingerprint density at radius 1 is 1.60 bits per heavy atom. The Kier molecular flexibility index (Phi) is 2.65. The minimum atomic E-state index is -0.664. The van der Waals surface area contributed by atoms with Gasteiger partial charge in [-0.05, 0) is 12.1 Å². The van der Waals surface area contributed by atoms with Crippen molar-refractivity contribution in [2.24, 2.45) is 12.8 Å². The van der Waals surface area contributed by atoms with E-state index in [1.807, 2.05) is 23.7 Å². The van der Waals surface area contributed by atoms with Gasteiger partial charge in [0.1, 0.15) is 6.10 Å². The second-order valence-electron chi connectivity index (χ2n) is 3.44. The topological polar surface area (TPSA) is 64.1 Å². The first-order chi connectivity index (χ1) is 7.13. The molecule has 80 valence electrons. The lowest BCUT2D eigenvalue weighted by Crippen LogP contribution is -2.14. The Balaban J connectivity index is 2.64. The predicted molar refractivity (Wildman–Crippen MR) is 59.7 cm³/mol. The molecule has 4 nitrogen and oxygen atoms in total. The van der Waals surface area contributed by atoms with E-state index in [0.29, 0.717) is 5.02 Å². The summed E-state index contributed by atoms with van der Waals surface area (Å²) in [6.07, 6.45) is 0.922. The number of hydrogen-bond acceptors (Lipinski definition) is 3. The summed E-state index contributed by atoms with van der Waals surface area (Å²) in [6.45, 7) is 0.192. The van der Waals surface area contributed by atoms with E-state index in [4.69, 9.17) is 17.3 Å². The number of aliphatic hydroxyl groups excluding tert-OH is 1. The Morgan fingerprint density at radius 3 is 3.00 bits per heavy atom. The zero-order valence-electron chi connectivity index (χ0n) is 8.31. The molecule has 0 amide bonds. The fourth-order valence-corrected chi connectivity index (χ4v) is 1.79. The van der Waals surface area contributed by atoms with Crippen molar-refractivity contribution in [2.45, 2.75) is 6.10 Å². The maximum Gasteiger partial charge on any atom is 0.106 e. The van der Waals surface area contributed by atoms with E-state index in [9.17, 15) is 5.11 Å². The summed E-state index contributed by atoms with van der Waals surface area (Å²) in [4.78, 5) is 4.17. The van der Waals surface area contributed by atoms with E-state index in [1.165, 1.54) is 0 Å². The highest BCUT2D eigenvalue weighted by Crippen LogP contribution is 2.23. The normalized spacial score (nSPS) is 13.3. The van der Waals surface area contributed by atoms with E-state index in [0.717, 1.165) is 16.7 Å². The molecule has 1 atom stereocenters. The molecule has 0 aliphatic carbocycles. The van der Waals surface area contributed by atoms with Crippen molar-refractivity contribution in [1.82, 2.24) is 9.55 Å². The van der Waals surface area contributed by atoms with Gasteiger partial charge in [-0.15, -0.1) is 0 Å². The van der Waals surface area contributed by atoms with Crippen molar-refractivity contribution in [3.8, 4) is 0 Å². The molecule has 0 fully saturated rings. The molecule has 2 aromatic rings. The van der Waals surface area contributed by atoms with Gasteiger partial charge in [0.25, 0.3) is 0 Å². The first-order valence-electron chi connectivity index (χ1n) is 4.62. The molecule has 1 unspecified atom stereocenters. The number of nitrogens with two attached hydrogens (primary N) is 1. The van der Waals surface area contributed by atoms with Crippen LogP contribution in [0.25, 0.3) is 11.0 Å². The molecule has 0 saturated heterocycles. The first-order valence-corrected chi connectivity index (χ1v) is 5.00. The largest absolute Gasteiger partial charge is 0.386 e. The molecular formula is C10H12ClN3O. The molecular weight excluding hydrogens is 214 g/mol. The second kappa shape index (κ2) is 3.81. The zero-order chi connectivity index (χ0) is 11.0. The molecule has 5 heteroatoms. The molecule has 0 spiro atoms. The highest BCUT2D eigenvalue weighted by atomic mass is 35.5. The van der Waals surface area contributed by atoms with Gasteiger partial charge in [0.2, 0.25) is 0 Å². The molecule has 0 aliphatic rings. The molecule has 2 aromatic heterocycles. The van der Waals surface area contributed by atoms with E-state index in [1.54, 1.807) is 6.20 Å². The minimum Gasteiger partial charge on any atom is -0.386 e. The van der Waals surface area contributed by atoms with Crippen LogP contribution < -0.4 is 5.73 Å². The second-order valence-corrected chi connectivity index (χ2v) is 3.87. The van der Waals surface area contributed by atoms with Crippen molar-refractivity contribution < 1.29 is 5.11 Å². The fourth-order valence-electron chi connectivity index (χ4n) is 1.64. The van der Waals surface area contributed by atoms with Crippen LogP contribution in [-0.2, 0) is 7.05 Å². The van der Waals surface area contributed by atoms with Crippen molar-refractivity contribution >= 4 is 22.6 Å². The number of hydrogen-bond donors (Lipinski definition) is 2. The van der Waals surface area contributed by atoms with Gasteiger partial charge < -0.3 is 15.4 Å². The summed E-state index contributed by atoms with van der Waals surface area (Å²) in [5, 5.41) is 10.3. The molecule has 0 bridgehead atoms. The maximum atomic E-state index is 9.67. The van der Waals surface area contributed by atoms with Crippen LogP contribution in [0.2, 0.25) is 5.02 Å². The van der Waals surface area contributed by atoms with Gasteiger partial charge in [0.15, 0.2) is 0 Å². The average Bonchev–Trinajstić information content (AvgIpc) is 2.55. The smallest absolute Gasteiger partial charge is 0.106 e. The lowest BCUT2D eigenvalue weighted by molar-refractivity contribution is 0.179. The van der Waals surface area contributed by atoms with Crippen LogP contribution in [0.3, 0.4) is 0 Å². The quantitative estimate of drug-likeness (QED) is 0.808. The monoisotopic (exact) mass is 225 g/mol. The van der Waals surface area contributed by atoms with Crippen LogP contribution in [0.1, 0.15) is 11.8 Å². The summed E-state index contributed by atoms with van der Waals surface area (Å²) in [5.74, 6) is 0. The van der Waals surface area contributed by atoms with E-state index in [-0.39, 0.29) is 6.54 Å². The number of aliphatic hydroxyl groups is 1. The number of aryl methyl sites for hydroxylation is 1. The van der Waals surface area contributed by atoms with Crippen molar-refractivity contribution in [1.29, 1.82) is 0 Å². The molecule has 0 radical (unpaired) electrons. The van der Waals surface area contributed by atoms with Crippen molar-refractivity contribution in [2.75, 3.05) is 6.54 Å². The van der Waals surface area contributed by atoms with E-state index >= 15 is 0 Å². The van der Waals surface area contributed by atoms with Crippen LogP contribution in [-0.4, -0.2) is 21.2 Å². The van der Waals surface area contributed by atoms with Crippen molar-refractivity contribution in [3.05, 3.63) is 29.0 Å². The molecule has 0 aromatic carbocycles. The highest BCUT2D eigenvalue weighted by Gasteiger charge is 2.13. The number of pyridine rings is 1. The average molecular weight is 226 g/mol. The molecule has 15 heavy (non-hydrogen) atoms. The summed E-state index contributed by atoms with van der Waals surface area (Å²) < 4.78 is 1.85. The van der Waals surface area contributed by atoms with Gasteiger partial charge in [-0.2, -0.15) is 0 Å². The number of halogens is 1.